The highest BCUT2D eigenvalue weighted by molar-refractivity contribution is 5.41. The molecule has 0 amide bonds. The first-order valence-electron chi connectivity index (χ1n) is 5.92. The van der Waals surface area contributed by atoms with Gasteiger partial charge in [0.2, 0.25) is 0 Å². The van der Waals surface area contributed by atoms with E-state index in [-0.39, 0.29) is 11.8 Å². The predicted octanol–water partition coefficient (Wildman–Crippen LogP) is 3.12. The minimum atomic E-state index is -0.652. The van der Waals surface area contributed by atoms with Gasteiger partial charge < -0.3 is 10.1 Å². The van der Waals surface area contributed by atoms with Gasteiger partial charge in [-0.15, -0.1) is 0 Å². The van der Waals surface area contributed by atoms with E-state index in [0.29, 0.717) is 5.56 Å². The van der Waals surface area contributed by atoms with Crippen LogP contribution in [0.5, 0.6) is 5.75 Å². The molecule has 0 bridgehead atoms. The third-order valence-corrected chi connectivity index (χ3v) is 3.18. The smallest absolute Gasteiger partial charge is 0.165 e. The largest absolute Gasteiger partial charge is 0.493 e. The van der Waals surface area contributed by atoms with E-state index in [0.717, 1.165) is 31.4 Å². The Morgan fingerprint density at radius 3 is 2.82 bits per heavy atom. The Labute approximate surface area is 100.0 Å². The molecule has 17 heavy (non-hydrogen) atoms. The molecule has 0 aromatic heterocycles. The van der Waals surface area contributed by atoms with Gasteiger partial charge in [-0.2, -0.15) is 0 Å². The van der Waals surface area contributed by atoms with Crippen molar-refractivity contribution in [3.8, 4) is 5.75 Å². The summed E-state index contributed by atoms with van der Waals surface area (Å²) in [5.74, 6) is -0.244. The zero-order valence-corrected chi connectivity index (χ0v) is 9.93. The number of piperidine rings is 1. The Balaban J connectivity index is 2.38. The van der Waals surface area contributed by atoms with Gasteiger partial charge in [0.25, 0.3) is 0 Å². The van der Waals surface area contributed by atoms with Crippen LogP contribution in [0.2, 0.25) is 0 Å². The fourth-order valence-corrected chi connectivity index (χ4v) is 2.34. The lowest BCUT2D eigenvalue weighted by molar-refractivity contribution is 0.354. The molecule has 1 fully saturated rings. The van der Waals surface area contributed by atoms with E-state index in [1.165, 1.54) is 13.2 Å². The fourth-order valence-electron chi connectivity index (χ4n) is 2.34. The van der Waals surface area contributed by atoms with Crippen molar-refractivity contribution in [3.63, 3.8) is 0 Å². The lowest BCUT2D eigenvalue weighted by atomic mass is 9.95. The summed E-state index contributed by atoms with van der Waals surface area (Å²) in [6.45, 7) is 0.260. The van der Waals surface area contributed by atoms with Crippen LogP contribution in [-0.4, -0.2) is 13.7 Å². The molecule has 1 aliphatic heterocycles. The molecule has 4 heteroatoms. The zero-order valence-electron chi connectivity index (χ0n) is 9.93. The number of rotatable bonds is 3. The van der Waals surface area contributed by atoms with Crippen LogP contribution in [0.3, 0.4) is 0 Å². The normalized spacial score (nSPS) is 20.3. The van der Waals surface area contributed by atoms with Crippen LogP contribution in [0.25, 0.3) is 0 Å². The number of hydrogen-bond donors (Lipinski definition) is 1. The van der Waals surface area contributed by atoms with E-state index in [2.05, 4.69) is 5.32 Å². The SMILES string of the molecule is COc1c(F)cc(CF)cc1C1CCCCN1. The molecule has 2 nitrogen and oxygen atoms in total. The molecular weight excluding hydrogens is 224 g/mol. The average molecular weight is 241 g/mol. The Morgan fingerprint density at radius 2 is 2.24 bits per heavy atom. The van der Waals surface area contributed by atoms with Gasteiger partial charge in [0.1, 0.15) is 6.67 Å². The maximum absolute atomic E-state index is 13.7. The second kappa shape index (κ2) is 5.45. The van der Waals surface area contributed by atoms with E-state index >= 15 is 0 Å². The van der Waals surface area contributed by atoms with Crippen molar-refractivity contribution in [2.45, 2.75) is 32.0 Å². The Morgan fingerprint density at radius 1 is 1.41 bits per heavy atom. The van der Waals surface area contributed by atoms with Crippen LogP contribution < -0.4 is 10.1 Å². The van der Waals surface area contributed by atoms with Crippen LogP contribution in [0.15, 0.2) is 12.1 Å². The highest BCUT2D eigenvalue weighted by Gasteiger charge is 2.21. The first-order valence-corrected chi connectivity index (χ1v) is 5.92. The van der Waals surface area contributed by atoms with E-state index in [1.807, 2.05) is 0 Å². The molecular formula is C13H17F2NO. The standard InChI is InChI=1S/C13H17F2NO/c1-17-13-10(12-4-2-3-5-16-12)6-9(8-14)7-11(13)15/h6-7,12,16H,2-5,8H2,1H3. The molecule has 1 aliphatic rings. The van der Waals surface area contributed by atoms with Crippen molar-refractivity contribution in [1.29, 1.82) is 0 Å². The molecule has 0 spiro atoms. The minimum absolute atomic E-state index is 0.0692. The molecule has 1 N–H and O–H groups in total. The van der Waals surface area contributed by atoms with E-state index < -0.39 is 12.5 Å². The molecule has 94 valence electrons. The van der Waals surface area contributed by atoms with E-state index in [4.69, 9.17) is 4.74 Å². The number of halogens is 2. The number of methoxy groups -OCH3 is 1. The van der Waals surface area contributed by atoms with Crippen molar-refractivity contribution in [2.24, 2.45) is 0 Å². The lowest BCUT2D eigenvalue weighted by Crippen LogP contribution is -2.27. The maximum atomic E-state index is 13.7. The van der Waals surface area contributed by atoms with Gasteiger partial charge in [-0.05, 0) is 37.1 Å². The Kier molecular flexibility index (Phi) is 3.94. The summed E-state index contributed by atoms with van der Waals surface area (Å²) in [7, 11) is 1.44. The summed E-state index contributed by atoms with van der Waals surface area (Å²) in [5, 5.41) is 3.32. The summed E-state index contributed by atoms with van der Waals surface area (Å²) in [5.41, 5.74) is 1.10. The van der Waals surface area contributed by atoms with Crippen LogP contribution in [0, 0.1) is 5.82 Å². The van der Waals surface area contributed by atoms with Crippen molar-refractivity contribution in [3.05, 3.63) is 29.1 Å². The second-order valence-corrected chi connectivity index (χ2v) is 4.34. The second-order valence-electron chi connectivity index (χ2n) is 4.34. The van der Waals surface area contributed by atoms with Crippen LogP contribution in [0.4, 0.5) is 8.78 Å². The maximum Gasteiger partial charge on any atom is 0.165 e. The first kappa shape index (κ1) is 12.3. The highest BCUT2D eigenvalue weighted by Crippen LogP contribution is 2.33. The van der Waals surface area contributed by atoms with E-state index in [1.54, 1.807) is 6.07 Å². The van der Waals surface area contributed by atoms with E-state index in [9.17, 15) is 8.78 Å². The molecule has 1 unspecified atom stereocenters. The van der Waals surface area contributed by atoms with Gasteiger partial charge in [-0.3, -0.25) is 0 Å². The first-order chi connectivity index (χ1) is 8.26. The summed E-state index contributed by atoms with van der Waals surface area (Å²) in [6, 6.07) is 2.97. The number of benzene rings is 1. The average Bonchev–Trinajstić information content (AvgIpc) is 2.38. The molecule has 0 radical (unpaired) electrons. The third-order valence-electron chi connectivity index (χ3n) is 3.18. The number of alkyl halides is 1. The molecule has 1 aromatic rings. The summed E-state index contributed by atoms with van der Waals surface area (Å²) >= 11 is 0. The van der Waals surface area contributed by atoms with Gasteiger partial charge in [-0.25, -0.2) is 8.78 Å². The lowest BCUT2D eigenvalue weighted by Gasteiger charge is -2.26. The molecule has 1 atom stereocenters. The molecule has 2 rings (SSSR count). The number of nitrogens with one attached hydrogen (secondary N) is 1. The van der Waals surface area contributed by atoms with Gasteiger partial charge in [0.05, 0.1) is 7.11 Å². The molecule has 0 aliphatic carbocycles. The van der Waals surface area contributed by atoms with Gasteiger partial charge in [0.15, 0.2) is 11.6 Å². The molecule has 1 aromatic carbocycles. The minimum Gasteiger partial charge on any atom is -0.493 e. The molecule has 0 saturated carbocycles. The number of hydrogen-bond acceptors (Lipinski definition) is 2. The predicted molar refractivity (Wildman–Crippen MR) is 62.4 cm³/mol. The van der Waals surface area contributed by atoms with Crippen molar-refractivity contribution >= 4 is 0 Å². The summed E-state index contributed by atoms with van der Waals surface area (Å²) in [4.78, 5) is 0. The van der Waals surface area contributed by atoms with Crippen LogP contribution in [-0.2, 0) is 6.67 Å². The highest BCUT2D eigenvalue weighted by atomic mass is 19.1. The van der Waals surface area contributed by atoms with Crippen molar-refractivity contribution in [2.75, 3.05) is 13.7 Å². The van der Waals surface area contributed by atoms with Gasteiger partial charge in [0, 0.05) is 11.6 Å². The fraction of sp³-hybridized carbons (Fsp3) is 0.538. The summed E-state index contributed by atoms with van der Waals surface area (Å²) in [6.07, 6.45) is 3.16. The van der Waals surface area contributed by atoms with Gasteiger partial charge in [-0.1, -0.05) is 6.42 Å². The van der Waals surface area contributed by atoms with Crippen molar-refractivity contribution < 1.29 is 13.5 Å². The van der Waals surface area contributed by atoms with Crippen molar-refractivity contribution in [1.82, 2.24) is 5.32 Å². The zero-order chi connectivity index (χ0) is 12.3. The monoisotopic (exact) mass is 241 g/mol. The molecule has 1 saturated heterocycles. The third kappa shape index (κ3) is 2.57. The topological polar surface area (TPSA) is 21.3 Å². The number of ether oxygens (including phenoxy) is 1. The van der Waals surface area contributed by atoms with Crippen LogP contribution in [0.1, 0.15) is 36.4 Å². The van der Waals surface area contributed by atoms with Crippen LogP contribution >= 0.6 is 0 Å². The quantitative estimate of drug-likeness (QED) is 0.878. The Bertz CT molecular complexity index is 389. The van der Waals surface area contributed by atoms with Gasteiger partial charge >= 0.3 is 0 Å². The Hall–Kier alpha value is -1.16. The summed E-state index contributed by atoms with van der Waals surface area (Å²) < 4.78 is 31.5. The molecule has 1 heterocycles.